The van der Waals surface area contributed by atoms with E-state index in [1.54, 1.807) is 18.2 Å². The van der Waals surface area contributed by atoms with Crippen LogP contribution in [-0.4, -0.2) is 34.9 Å². The van der Waals surface area contributed by atoms with Crippen molar-refractivity contribution < 1.29 is 14.4 Å². The second kappa shape index (κ2) is 6.49. The van der Waals surface area contributed by atoms with Gasteiger partial charge in [0.1, 0.15) is 0 Å². The molecule has 3 rings (SSSR count). The molecule has 0 aliphatic carbocycles. The summed E-state index contributed by atoms with van der Waals surface area (Å²) in [7, 11) is 1.45. The fourth-order valence-corrected chi connectivity index (χ4v) is 3.33. The monoisotopic (exact) mass is 340 g/mol. The lowest BCUT2D eigenvalue weighted by Crippen LogP contribution is -2.24. The van der Waals surface area contributed by atoms with E-state index < -0.39 is 0 Å². The number of rotatable bonds is 4. The molecule has 5 nitrogen and oxygen atoms in total. The maximum atomic E-state index is 12.3. The average Bonchev–Trinajstić information content (AvgIpc) is 2.80. The van der Waals surface area contributed by atoms with Gasteiger partial charge in [0.2, 0.25) is 5.91 Å². The first-order chi connectivity index (χ1) is 11.5. The van der Waals surface area contributed by atoms with Crippen LogP contribution in [0.2, 0.25) is 0 Å². The molecule has 0 saturated heterocycles. The lowest BCUT2D eigenvalue weighted by atomic mass is 10.1. The van der Waals surface area contributed by atoms with Crippen LogP contribution in [0.25, 0.3) is 0 Å². The molecule has 2 aromatic rings. The molecule has 0 unspecified atom stereocenters. The van der Waals surface area contributed by atoms with Crippen LogP contribution < -0.4 is 5.32 Å². The highest BCUT2D eigenvalue weighted by Gasteiger charge is 2.32. The third kappa shape index (κ3) is 3.05. The number of anilines is 1. The van der Waals surface area contributed by atoms with Crippen LogP contribution in [0, 0.1) is 0 Å². The highest BCUT2D eigenvalue weighted by atomic mass is 32.2. The minimum atomic E-state index is -0.349. The summed E-state index contributed by atoms with van der Waals surface area (Å²) in [5, 5.41) is 2.51. The van der Waals surface area contributed by atoms with Crippen LogP contribution >= 0.6 is 11.8 Å². The second-order valence-corrected chi connectivity index (χ2v) is 6.91. The summed E-state index contributed by atoms with van der Waals surface area (Å²) in [6.07, 6.45) is 0. The quantitative estimate of drug-likeness (QED) is 0.686. The number of thioether (sulfide) groups is 1. The fourth-order valence-electron chi connectivity index (χ4n) is 2.44. The van der Waals surface area contributed by atoms with E-state index in [0.717, 1.165) is 9.80 Å². The van der Waals surface area contributed by atoms with E-state index in [0.29, 0.717) is 16.8 Å². The standard InChI is InChI=1S/C18H16N2O3S/c1-11(24-13-6-4-3-5-7-13)16(21)19-12-8-9-14-15(10-12)18(23)20(2)17(14)22/h3-11H,1-2H3,(H,19,21)/t11-/m0/s1. The number of hydrogen-bond acceptors (Lipinski definition) is 4. The first-order valence-corrected chi connectivity index (χ1v) is 8.34. The van der Waals surface area contributed by atoms with Gasteiger partial charge in [-0.15, -0.1) is 11.8 Å². The van der Waals surface area contributed by atoms with E-state index in [9.17, 15) is 14.4 Å². The predicted molar refractivity (Wildman–Crippen MR) is 93.3 cm³/mol. The molecule has 2 aromatic carbocycles. The SMILES string of the molecule is C[C@H](Sc1ccccc1)C(=O)Nc1ccc2c(c1)C(=O)N(C)C2=O. The maximum Gasteiger partial charge on any atom is 0.261 e. The minimum Gasteiger partial charge on any atom is -0.325 e. The molecular formula is C18H16N2O3S. The Balaban J connectivity index is 1.72. The largest absolute Gasteiger partial charge is 0.325 e. The fraction of sp³-hybridized carbons (Fsp3) is 0.167. The molecule has 0 radical (unpaired) electrons. The van der Waals surface area contributed by atoms with Crippen molar-refractivity contribution in [1.29, 1.82) is 0 Å². The van der Waals surface area contributed by atoms with Crippen molar-refractivity contribution in [3.63, 3.8) is 0 Å². The van der Waals surface area contributed by atoms with Crippen LogP contribution in [0.3, 0.4) is 0 Å². The molecule has 1 aliphatic heterocycles. The number of fused-ring (bicyclic) bond motifs is 1. The molecule has 0 bridgehead atoms. The van der Waals surface area contributed by atoms with Gasteiger partial charge in [0.15, 0.2) is 0 Å². The van der Waals surface area contributed by atoms with Crippen LogP contribution in [-0.2, 0) is 4.79 Å². The van der Waals surface area contributed by atoms with Gasteiger partial charge in [-0.05, 0) is 37.3 Å². The maximum absolute atomic E-state index is 12.3. The average molecular weight is 340 g/mol. The minimum absolute atomic E-state index is 0.158. The predicted octanol–water partition coefficient (Wildman–Crippen LogP) is 3.03. The molecule has 0 spiro atoms. The molecule has 1 heterocycles. The molecule has 0 saturated carbocycles. The zero-order chi connectivity index (χ0) is 17.3. The van der Waals surface area contributed by atoms with E-state index in [2.05, 4.69) is 5.32 Å². The van der Waals surface area contributed by atoms with Crippen molar-refractivity contribution in [2.45, 2.75) is 17.1 Å². The zero-order valence-electron chi connectivity index (χ0n) is 13.3. The van der Waals surface area contributed by atoms with E-state index in [1.165, 1.54) is 18.8 Å². The normalized spacial score (nSPS) is 14.5. The second-order valence-electron chi connectivity index (χ2n) is 5.49. The zero-order valence-corrected chi connectivity index (χ0v) is 14.1. The van der Waals surface area contributed by atoms with Crippen molar-refractivity contribution in [2.24, 2.45) is 0 Å². The first kappa shape index (κ1) is 16.3. The van der Waals surface area contributed by atoms with Crippen LogP contribution in [0.5, 0.6) is 0 Å². The van der Waals surface area contributed by atoms with E-state index >= 15 is 0 Å². The van der Waals surface area contributed by atoms with Gasteiger partial charge in [-0.25, -0.2) is 0 Å². The van der Waals surface area contributed by atoms with Gasteiger partial charge < -0.3 is 5.32 Å². The van der Waals surface area contributed by atoms with Crippen LogP contribution in [0.1, 0.15) is 27.6 Å². The summed E-state index contributed by atoms with van der Waals surface area (Å²) >= 11 is 1.46. The lowest BCUT2D eigenvalue weighted by molar-refractivity contribution is -0.115. The van der Waals surface area contributed by atoms with E-state index in [4.69, 9.17) is 0 Å². The third-order valence-corrected chi connectivity index (χ3v) is 4.89. The van der Waals surface area contributed by atoms with Gasteiger partial charge in [0, 0.05) is 17.6 Å². The number of carbonyl (C=O) groups is 3. The van der Waals surface area contributed by atoms with Crippen molar-refractivity contribution in [1.82, 2.24) is 4.90 Å². The molecule has 3 amide bonds. The first-order valence-electron chi connectivity index (χ1n) is 7.46. The van der Waals surface area contributed by atoms with Gasteiger partial charge in [0.25, 0.3) is 11.8 Å². The Hall–Kier alpha value is -2.60. The highest BCUT2D eigenvalue weighted by molar-refractivity contribution is 8.00. The van der Waals surface area contributed by atoms with Crippen molar-refractivity contribution in [3.05, 3.63) is 59.7 Å². The summed E-state index contributed by atoms with van der Waals surface area (Å²) in [6.45, 7) is 1.82. The lowest BCUT2D eigenvalue weighted by Gasteiger charge is -2.12. The summed E-state index contributed by atoms with van der Waals surface area (Å²) in [5.41, 5.74) is 1.20. The van der Waals surface area contributed by atoms with Gasteiger partial charge >= 0.3 is 0 Å². The van der Waals surface area contributed by atoms with Gasteiger partial charge in [-0.2, -0.15) is 0 Å². The number of carbonyl (C=O) groups excluding carboxylic acids is 3. The molecule has 1 aliphatic rings. The molecule has 122 valence electrons. The van der Waals surface area contributed by atoms with Crippen molar-refractivity contribution in [3.8, 4) is 0 Å². The third-order valence-electron chi connectivity index (χ3n) is 3.78. The molecule has 6 heteroatoms. The number of nitrogens with one attached hydrogen (secondary N) is 1. The Morgan fingerprint density at radius 3 is 2.42 bits per heavy atom. The van der Waals surface area contributed by atoms with Crippen molar-refractivity contribution >= 4 is 35.2 Å². The smallest absolute Gasteiger partial charge is 0.261 e. The Bertz CT molecular complexity index is 820. The number of nitrogens with zero attached hydrogens (tertiary/aromatic N) is 1. The van der Waals surface area contributed by atoms with Gasteiger partial charge in [-0.3, -0.25) is 19.3 Å². The molecule has 1 N–H and O–H groups in total. The topological polar surface area (TPSA) is 66.5 Å². The van der Waals surface area contributed by atoms with Crippen molar-refractivity contribution in [2.75, 3.05) is 12.4 Å². The van der Waals surface area contributed by atoms with Crippen LogP contribution in [0.4, 0.5) is 5.69 Å². The molecule has 1 atom stereocenters. The van der Waals surface area contributed by atoms with E-state index in [1.807, 2.05) is 37.3 Å². The summed E-state index contributed by atoms with van der Waals surface area (Å²) < 4.78 is 0. The number of benzene rings is 2. The Labute approximate surface area is 144 Å². The number of amides is 3. The Morgan fingerprint density at radius 2 is 1.71 bits per heavy atom. The van der Waals surface area contributed by atoms with Gasteiger partial charge in [0.05, 0.1) is 16.4 Å². The highest BCUT2D eigenvalue weighted by Crippen LogP contribution is 2.26. The summed E-state index contributed by atoms with van der Waals surface area (Å²) in [6, 6.07) is 14.4. The molecular weight excluding hydrogens is 324 g/mol. The Kier molecular flexibility index (Phi) is 4.40. The number of hydrogen-bond donors (Lipinski definition) is 1. The molecule has 24 heavy (non-hydrogen) atoms. The van der Waals surface area contributed by atoms with Crippen LogP contribution in [0.15, 0.2) is 53.4 Å². The summed E-state index contributed by atoms with van der Waals surface area (Å²) in [4.78, 5) is 38.3. The Morgan fingerprint density at radius 1 is 1.04 bits per heavy atom. The van der Waals surface area contributed by atoms with E-state index in [-0.39, 0.29) is 23.0 Å². The summed E-state index contributed by atoms with van der Waals surface area (Å²) in [5.74, 6) is -0.826. The van der Waals surface area contributed by atoms with Gasteiger partial charge in [-0.1, -0.05) is 18.2 Å². The molecule has 0 fully saturated rings. The molecule has 0 aromatic heterocycles. The number of imide groups is 1.